The normalized spacial score (nSPS) is 12.7. The summed E-state index contributed by atoms with van der Waals surface area (Å²) in [7, 11) is 0. The summed E-state index contributed by atoms with van der Waals surface area (Å²) in [5.74, 6) is -0.673. The van der Waals surface area contributed by atoms with Gasteiger partial charge < -0.3 is 10.2 Å². The predicted octanol–water partition coefficient (Wildman–Crippen LogP) is -0.702. The first-order valence-corrected chi connectivity index (χ1v) is 4.12. The van der Waals surface area contributed by atoms with Gasteiger partial charge in [0.2, 0.25) is 0 Å². The van der Waals surface area contributed by atoms with Crippen molar-refractivity contribution in [3.05, 3.63) is 24.3 Å². The Bertz CT molecular complexity index is 215. The third-order valence-corrected chi connectivity index (χ3v) is 1.15. The number of rotatable bonds is 6. The average Bonchev–Trinajstić information content (AvgIpc) is 2.18. The zero-order chi connectivity index (χ0) is 10.8. The molecule has 0 aromatic heterocycles. The zero-order valence-electron chi connectivity index (χ0n) is 7.92. The fourth-order valence-corrected chi connectivity index (χ4v) is 0.496. The van der Waals surface area contributed by atoms with Crippen LogP contribution in [0, 0.1) is 0 Å². The summed E-state index contributed by atoms with van der Waals surface area (Å²) in [6.45, 7) is 1.12. The van der Waals surface area contributed by atoms with Crippen LogP contribution in [-0.4, -0.2) is 86.9 Å². The molecular formula is C9H15KO5. The zero-order valence-corrected chi connectivity index (χ0v) is 7.92. The number of aliphatic hydroxyl groups is 2. The van der Waals surface area contributed by atoms with E-state index in [4.69, 9.17) is 10.2 Å². The molecule has 0 aliphatic heterocycles. The van der Waals surface area contributed by atoms with Crippen LogP contribution in [0.1, 0.15) is 6.92 Å². The van der Waals surface area contributed by atoms with Crippen molar-refractivity contribution >= 4 is 57.4 Å². The first-order valence-electron chi connectivity index (χ1n) is 4.12. The molecule has 0 saturated heterocycles. The van der Waals surface area contributed by atoms with Crippen molar-refractivity contribution in [3.63, 3.8) is 0 Å². The van der Waals surface area contributed by atoms with Crippen LogP contribution in [0.25, 0.3) is 0 Å². The molecule has 6 heteroatoms. The minimum atomic E-state index is -1.04. The number of hydrogen-bond acceptors (Lipinski definition) is 5. The van der Waals surface area contributed by atoms with Gasteiger partial charge >= 0.3 is 57.4 Å². The maximum absolute atomic E-state index is 10.8. The molecule has 0 aromatic carbocycles. The number of aliphatic hydroxyl groups excluding tert-OH is 2. The SMILES string of the molecule is C/C=C/C=C/C(=O)OOCC(O)CO.[KH]. The van der Waals surface area contributed by atoms with Gasteiger partial charge in [-0.2, -0.15) is 4.89 Å². The summed E-state index contributed by atoms with van der Waals surface area (Å²) in [6.07, 6.45) is 5.03. The van der Waals surface area contributed by atoms with Crippen LogP contribution in [0.4, 0.5) is 0 Å². The molecule has 0 heterocycles. The molecule has 0 saturated carbocycles. The molecule has 1 unspecified atom stereocenters. The van der Waals surface area contributed by atoms with Gasteiger partial charge in [0.25, 0.3) is 0 Å². The summed E-state index contributed by atoms with van der Waals surface area (Å²) in [5.41, 5.74) is 0. The second-order valence-electron chi connectivity index (χ2n) is 2.41. The number of hydrogen-bond donors (Lipinski definition) is 2. The van der Waals surface area contributed by atoms with Crippen LogP contribution >= 0.6 is 0 Å². The summed E-state index contributed by atoms with van der Waals surface area (Å²) in [4.78, 5) is 19.3. The Balaban J connectivity index is 0. The van der Waals surface area contributed by atoms with Gasteiger partial charge in [-0.1, -0.05) is 18.2 Å². The fraction of sp³-hybridized carbons (Fsp3) is 0.444. The van der Waals surface area contributed by atoms with Crippen LogP contribution in [0.5, 0.6) is 0 Å². The van der Waals surface area contributed by atoms with Crippen LogP contribution in [0.3, 0.4) is 0 Å². The third-order valence-electron chi connectivity index (χ3n) is 1.15. The number of carbonyl (C=O) groups excluding carboxylic acids is 1. The Labute approximate surface area is 131 Å². The molecule has 82 valence electrons. The van der Waals surface area contributed by atoms with Crippen molar-refractivity contribution in [3.8, 4) is 0 Å². The Hall–Kier alpha value is 0.466. The van der Waals surface area contributed by atoms with E-state index in [1.54, 1.807) is 12.2 Å². The molecule has 0 spiro atoms. The Morgan fingerprint density at radius 1 is 1.47 bits per heavy atom. The van der Waals surface area contributed by atoms with E-state index in [0.717, 1.165) is 0 Å². The van der Waals surface area contributed by atoms with Gasteiger partial charge in [-0.15, -0.1) is 0 Å². The number of allylic oxidation sites excluding steroid dienone is 3. The summed E-state index contributed by atoms with van der Waals surface area (Å²) >= 11 is 0. The molecule has 0 radical (unpaired) electrons. The van der Waals surface area contributed by atoms with E-state index in [9.17, 15) is 4.79 Å². The van der Waals surface area contributed by atoms with E-state index in [1.807, 2.05) is 6.92 Å². The van der Waals surface area contributed by atoms with Crippen LogP contribution in [0.15, 0.2) is 24.3 Å². The molecule has 0 aromatic rings. The Morgan fingerprint density at radius 3 is 2.67 bits per heavy atom. The van der Waals surface area contributed by atoms with E-state index in [1.165, 1.54) is 12.2 Å². The topological polar surface area (TPSA) is 76.0 Å². The van der Waals surface area contributed by atoms with E-state index in [-0.39, 0.29) is 58.0 Å². The number of carbonyl (C=O) groups is 1. The molecule has 1 atom stereocenters. The van der Waals surface area contributed by atoms with Gasteiger partial charge in [0.1, 0.15) is 12.7 Å². The Kier molecular flexibility index (Phi) is 14.9. The molecule has 5 nitrogen and oxygen atoms in total. The minimum absolute atomic E-state index is 0. The molecule has 0 fully saturated rings. The first kappa shape index (κ1) is 17.8. The van der Waals surface area contributed by atoms with E-state index in [0.29, 0.717) is 0 Å². The molecule has 0 aliphatic rings. The molecule has 0 rings (SSSR count). The van der Waals surface area contributed by atoms with Gasteiger partial charge in [0.15, 0.2) is 0 Å². The molecule has 15 heavy (non-hydrogen) atoms. The van der Waals surface area contributed by atoms with E-state index in [2.05, 4.69) is 9.78 Å². The molecule has 0 aliphatic carbocycles. The van der Waals surface area contributed by atoms with Crippen molar-refractivity contribution in [2.45, 2.75) is 13.0 Å². The second kappa shape index (κ2) is 12.5. The first-order chi connectivity index (χ1) is 6.70. The standard InChI is InChI=1S/C9H14O5.K.H/c1-2-3-4-5-9(12)14-13-7-8(11)6-10;;/h2-5,8,10-11H,6-7H2,1H3;;/b3-2+,5-4+;;. The van der Waals surface area contributed by atoms with Crippen molar-refractivity contribution in [1.29, 1.82) is 0 Å². The van der Waals surface area contributed by atoms with Gasteiger partial charge in [-0.05, 0) is 6.92 Å². The van der Waals surface area contributed by atoms with Crippen molar-refractivity contribution in [2.24, 2.45) is 0 Å². The van der Waals surface area contributed by atoms with Gasteiger partial charge in [-0.25, -0.2) is 4.79 Å². The van der Waals surface area contributed by atoms with E-state index >= 15 is 0 Å². The molecule has 0 amide bonds. The maximum atomic E-state index is 10.8. The third kappa shape index (κ3) is 12.4. The van der Waals surface area contributed by atoms with Crippen molar-refractivity contribution in [1.82, 2.24) is 0 Å². The van der Waals surface area contributed by atoms with E-state index < -0.39 is 18.7 Å². The molecule has 0 bridgehead atoms. The monoisotopic (exact) mass is 242 g/mol. The fourth-order valence-electron chi connectivity index (χ4n) is 0.496. The van der Waals surface area contributed by atoms with Gasteiger partial charge in [0, 0.05) is 6.08 Å². The molecule has 2 N–H and O–H groups in total. The van der Waals surface area contributed by atoms with Crippen LogP contribution in [-0.2, 0) is 14.6 Å². The van der Waals surface area contributed by atoms with Gasteiger partial charge in [-0.3, -0.25) is 4.89 Å². The summed E-state index contributed by atoms with van der Waals surface area (Å²) in [6, 6.07) is 0. The average molecular weight is 242 g/mol. The van der Waals surface area contributed by atoms with Crippen molar-refractivity contribution in [2.75, 3.05) is 13.2 Å². The Morgan fingerprint density at radius 2 is 2.13 bits per heavy atom. The summed E-state index contributed by atoms with van der Waals surface area (Å²) < 4.78 is 0. The van der Waals surface area contributed by atoms with Gasteiger partial charge in [0.05, 0.1) is 6.61 Å². The van der Waals surface area contributed by atoms with Crippen LogP contribution < -0.4 is 0 Å². The van der Waals surface area contributed by atoms with Crippen LogP contribution in [0.2, 0.25) is 0 Å². The predicted molar refractivity (Wildman–Crippen MR) is 56.2 cm³/mol. The molecular weight excluding hydrogens is 227 g/mol. The quantitative estimate of drug-likeness (QED) is 0.212. The second-order valence-corrected chi connectivity index (χ2v) is 2.41. The summed E-state index contributed by atoms with van der Waals surface area (Å²) in [5, 5.41) is 17.2. The van der Waals surface area contributed by atoms with Crippen molar-refractivity contribution < 1.29 is 24.8 Å².